The monoisotopic (exact) mass is 210 g/mol. The second kappa shape index (κ2) is 4.63. The smallest absolute Gasteiger partial charge is 0.428 e. The quantitative estimate of drug-likeness (QED) is 0.600. The van der Waals surface area contributed by atoms with Crippen LogP contribution in [0.2, 0.25) is 0 Å². The molecule has 0 spiro atoms. The number of hydrogen-bond donors (Lipinski definition) is 1. The van der Waals surface area contributed by atoms with Crippen LogP contribution >= 0.6 is 0 Å². The van der Waals surface area contributed by atoms with E-state index in [4.69, 9.17) is 9.15 Å². The van der Waals surface area contributed by atoms with Crippen LogP contribution < -0.4 is 5.43 Å². The van der Waals surface area contributed by atoms with Crippen molar-refractivity contribution in [2.24, 2.45) is 5.10 Å². The van der Waals surface area contributed by atoms with Crippen LogP contribution in [-0.4, -0.2) is 17.9 Å². The number of amides is 1. The van der Waals surface area contributed by atoms with Gasteiger partial charge in [-0.15, -0.1) is 0 Å². The van der Waals surface area contributed by atoms with Gasteiger partial charge in [0.1, 0.15) is 5.60 Å². The molecule has 0 atom stereocenters. The fourth-order valence-electron chi connectivity index (χ4n) is 0.809. The molecule has 1 rings (SSSR count). The number of carbonyl (C=O) groups excluding carboxylic acids is 1. The van der Waals surface area contributed by atoms with Crippen molar-refractivity contribution in [2.75, 3.05) is 0 Å². The van der Waals surface area contributed by atoms with Crippen LogP contribution in [0.1, 0.15) is 26.3 Å². The minimum atomic E-state index is -0.581. The number of hydrazone groups is 1. The lowest BCUT2D eigenvalue weighted by molar-refractivity contribution is 0.0529. The Kier molecular flexibility index (Phi) is 3.49. The summed E-state index contributed by atoms with van der Waals surface area (Å²) in [7, 11) is 0. The number of furan rings is 1. The van der Waals surface area contributed by atoms with Gasteiger partial charge in [-0.2, -0.15) is 5.10 Å². The zero-order valence-corrected chi connectivity index (χ0v) is 8.98. The topological polar surface area (TPSA) is 63.8 Å². The molecule has 1 heterocycles. The predicted molar refractivity (Wildman–Crippen MR) is 55.7 cm³/mol. The summed E-state index contributed by atoms with van der Waals surface area (Å²) in [5, 5.41) is 3.69. The van der Waals surface area contributed by atoms with Crippen molar-refractivity contribution in [1.29, 1.82) is 0 Å². The van der Waals surface area contributed by atoms with Crippen LogP contribution in [0.4, 0.5) is 4.79 Å². The van der Waals surface area contributed by atoms with E-state index in [1.165, 1.54) is 18.7 Å². The summed E-state index contributed by atoms with van der Waals surface area (Å²) < 4.78 is 9.79. The molecule has 0 aliphatic rings. The average Bonchev–Trinajstić information content (AvgIpc) is 2.53. The SMILES string of the molecule is CC(C)(C)OC(=O)N/N=C\c1ccoc1. The average molecular weight is 210 g/mol. The van der Waals surface area contributed by atoms with Crippen molar-refractivity contribution in [3.05, 3.63) is 24.2 Å². The van der Waals surface area contributed by atoms with Crippen molar-refractivity contribution < 1.29 is 13.9 Å². The summed E-state index contributed by atoms with van der Waals surface area (Å²) in [6, 6.07) is 1.72. The summed E-state index contributed by atoms with van der Waals surface area (Å²) in [6.07, 6.45) is 3.92. The Morgan fingerprint density at radius 3 is 2.87 bits per heavy atom. The Hall–Kier alpha value is -1.78. The summed E-state index contributed by atoms with van der Waals surface area (Å²) in [6.45, 7) is 5.35. The Morgan fingerprint density at radius 1 is 1.60 bits per heavy atom. The highest BCUT2D eigenvalue weighted by atomic mass is 16.6. The van der Waals surface area contributed by atoms with Crippen molar-refractivity contribution in [3.8, 4) is 0 Å². The Labute approximate surface area is 88.1 Å². The van der Waals surface area contributed by atoms with Gasteiger partial charge in [-0.1, -0.05) is 0 Å². The van der Waals surface area contributed by atoms with Crippen molar-refractivity contribution in [3.63, 3.8) is 0 Å². The molecular weight excluding hydrogens is 196 g/mol. The molecule has 0 saturated heterocycles. The van der Waals surface area contributed by atoms with Gasteiger partial charge in [0, 0.05) is 5.56 Å². The molecular formula is C10H14N2O3. The van der Waals surface area contributed by atoms with E-state index in [2.05, 4.69) is 10.5 Å². The molecule has 0 aliphatic heterocycles. The van der Waals surface area contributed by atoms with E-state index in [0.717, 1.165) is 5.56 Å². The first-order chi connectivity index (χ1) is 6.97. The number of ether oxygens (including phenoxy) is 1. The van der Waals surface area contributed by atoms with Gasteiger partial charge in [0.05, 0.1) is 18.7 Å². The van der Waals surface area contributed by atoms with E-state index in [9.17, 15) is 4.79 Å². The first kappa shape index (κ1) is 11.3. The van der Waals surface area contributed by atoms with Gasteiger partial charge in [-0.25, -0.2) is 10.2 Å². The van der Waals surface area contributed by atoms with Crippen LogP contribution in [0.3, 0.4) is 0 Å². The summed E-state index contributed by atoms with van der Waals surface area (Å²) in [5.74, 6) is 0. The van der Waals surface area contributed by atoms with Crippen LogP contribution in [0.25, 0.3) is 0 Å². The number of nitrogens with zero attached hydrogens (tertiary/aromatic N) is 1. The van der Waals surface area contributed by atoms with Gasteiger partial charge >= 0.3 is 6.09 Å². The summed E-state index contributed by atoms with van der Waals surface area (Å²) >= 11 is 0. The standard InChI is InChI=1S/C10H14N2O3/c1-10(2,3)15-9(13)12-11-6-8-4-5-14-7-8/h4-7H,1-3H3,(H,12,13)/b11-6-. The Balaban J connectivity index is 2.35. The normalized spacial score (nSPS) is 11.7. The third-order valence-corrected chi connectivity index (χ3v) is 1.31. The maximum atomic E-state index is 11.1. The number of rotatable bonds is 2. The highest BCUT2D eigenvalue weighted by molar-refractivity contribution is 5.80. The van der Waals surface area contributed by atoms with Crippen molar-refractivity contribution >= 4 is 12.3 Å². The van der Waals surface area contributed by atoms with Gasteiger partial charge in [-0.3, -0.25) is 0 Å². The van der Waals surface area contributed by atoms with Gasteiger partial charge in [-0.05, 0) is 26.8 Å². The molecule has 1 aromatic rings. The third-order valence-electron chi connectivity index (χ3n) is 1.31. The lowest BCUT2D eigenvalue weighted by atomic mass is 10.2. The second-order valence-corrected chi connectivity index (χ2v) is 3.93. The Bertz CT molecular complexity index is 336. The van der Waals surface area contributed by atoms with E-state index < -0.39 is 11.7 Å². The molecule has 82 valence electrons. The van der Waals surface area contributed by atoms with E-state index in [1.54, 1.807) is 26.8 Å². The van der Waals surface area contributed by atoms with Crippen LogP contribution in [-0.2, 0) is 4.74 Å². The molecule has 5 heteroatoms. The maximum Gasteiger partial charge on any atom is 0.428 e. The maximum absolute atomic E-state index is 11.1. The Morgan fingerprint density at radius 2 is 2.33 bits per heavy atom. The van der Waals surface area contributed by atoms with Gasteiger partial charge in [0.15, 0.2) is 0 Å². The lowest BCUT2D eigenvalue weighted by Crippen LogP contribution is -2.29. The lowest BCUT2D eigenvalue weighted by Gasteiger charge is -2.18. The summed E-state index contributed by atoms with van der Waals surface area (Å²) in [4.78, 5) is 11.1. The molecule has 0 saturated carbocycles. The minimum absolute atomic E-state index is 0.519. The molecule has 0 aliphatic carbocycles. The number of hydrogen-bond acceptors (Lipinski definition) is 4. The molecule has 0 unspecified atom stereocenters. The van der Waals surface area contributed by atoms with Crippen LogP contribution in [0.15, 0.2) is 28.1 Å². The molecule has 0 aromatic carbocycles. The third kappa shape index (κ3) is 4.85. The second-order valence-electron chi connectivity index (χ2n) is 3.93. The largest absolute Gasteiger partial charge is 0.472 e. The van der Waals surface area contributed by atoms with Crippen molar-refractivity contribution in [1.82, 2.24) is 5.43 Å². The number of nitrogens with one attached hydrogen (secondary N) is 1. The zero-order chi connectivity index (χ0) is 11.3. The fourth-order valence-corrected chi connectivity index (χ4v) is 0.809. The zero-order valence-electron chi connectivity index (χ0n) is 8.98. The van der Waals surface area contributed by atoms with E-state index in [1.807, 2.05) is 0 Å². The van der Waals surface area contributed by atoms with Gasteiger partial charge in [0.25, 0.3) is 0 Å². The van der Waals surface area contributed by atoms with E-state index in [0.29, 0.717) is 0 Å². The molecule has 0 radical (unpaired) electrons. The summed E-state index contributed by atoms with van der Waals surface area (Å²) in [5.41, 5.74) is 2.49. The van der Waals surface area contributed by atoms with Gasteiger partial charge < -0.3 is 9.15 Å². The van der Waals surface area contributed by atoms with Crippen LogP contribution in [0, 0.1) is 0 Å². The molecule has 1 amide bonds. The highest BCUT2D eigenvalue weighted by Crippen LogP contribution is 2.06. The molecule has 5 nitrogen and oxygen atoms in total. The highest BCUT2D eigenvalue weighted by Gasteiger charge is 2.15. The molecule has 0 bridgehead atoms. The molecule has 15 heavy (non-hydrogen) atoms. The van der Waals surface area contributed by atoms with Crippen molar-refractivity contribution in [2.45, 2.75) is 26.4 Å². The van der Waals surface area contributed by atoms with E-state index in [-0.39, 0.29) is 0 Å². The van der Waals surface area contributed by atoms with E-state index >= 15 is 0 Å². The van der Waals surface area contributed by atoms with Crippen LogP contribution in [0.5, 0.6) is 0 Å². The number of carbonyl (C=O) groups is 1. The fraction of sp³-hybridized carbons (Fsp3) is 0.400. The molecule has 1 aromatic heterocycles. The first-order valence-electron chi connectivity index (χ1n) is 4.51. The first-order valence-corrected chi connectivity index (χ1v) is 4.51. The molecule has 1 N–H and O–H groups in total. The predicted octanol–water partition coefficient (Wildman–Crippen LogP) is 2.14. The molecule has 0 fully saturated rings. The minimum Gasteiger partial charge on any atom is -0.472 e. The van der Waals surface area contributed by atoms with Gasteiger partial charge in [0.2, 0.25) is 0 Å².